The van der Waals surface area contributed by atoms with Crippen molar-refractivity contribution in [3.8, 4) is 0 Å². The average Bonchev–Trinajstić information content (AvgIpc) is 2.47. The van der Waals surface area contributed by atoms with Crippen molar-refractivity contribution in [3.63, 3.8) is 0 Å². The van der Waals surface area contributed by atoms with E-state index < -0.39 is 0 Å². The van der Waals surface area contributed by atoms with Crippen molar-refractivity contribution in [3.05, 3.63) is 69.2 Å². The van der Waals surface area contributed by atoms with E-state index in [1.165, 1.54) is 0 Å². The lowest BCUT2D eigenvalue weighted by atomic mass is 10.1. The molecule has 0 atom stereocenters. The van der Waals surface area contributed by atoms with E-state index in [4.69, 9.17) is 0 Å². The highest BCUT2D eigenvalue weighted by atomic mass is 79.9. The number of rotatable bonds is 4. The Morgan fingerprint density at radius 3 is 2.60 bits per heavy atom. The first kappa shape index (κ1) is 14.8. The van der Waals surface area contributed by atoms with Gasteiger partial charge < -0.3 is 10.4 Å². The minimum Gasteiger partial charge on any atom is -0.392 e. The molecular weight excluding hydrogens is 318 g/mol. The fourth-order valence-corrected chi connectivity index (χ4v) is 2.39. The Labute approximate surface area is 126 Å². The van der Waals surface area contributed by atoms with Crippen LogP contribution in [0.1, 0.15) is 27.0 Å². The van der Waals surface area contributed by atoms with E-state index in [9.17, 15) is 9.90 Å². The molecule has 3 nitrogen and oxygen atoms in total. The van der Waals surface area contributed by atoms with E-state index in [2.05, 4.69) is 21.2 Å². The molecule has 2 aromatic rings. The Balaban J connectivity index is 2.11. The summed E-state index contributed by atoms with van der Waals surface area (Å²) in [5.41, 5.74) is 3.41. The smallest absolute Gasteiger partial charge is 0.252 e. The molecule has 0 saturated heterocycles. The molecule has 2 rings (SSSR count). The number of aryl methyl sites for hydroxylation is 1. The van der Waals surface area contributed by atoms with E-state index in [1.807, 2.05) is 49.4 Å². The van der Waals surface area contributed by atoms with Crippen molar-refractivity contribution in [1.82, 2.24) is 5.32 Å². The molecular formula is C16H16BrNO2. The van der Waals surface area contributed by atoms with Gasteiger partial charge in [0.2, 0.25) is 0 Å². The Hall–Kier alpha value is -1.65. The fraction of sp³-hybridized carbons (Fsp3) is 0.188. The number of halogens is 1. The van der Waals surface area contributed by atoms with Gasteiger partial charge in [0.15, 0.2) is 0 Å². The van der Waals surface area contributed by atoms with Gasteiger partial charge in [-0.2, -0.15) is 0 Å². The van der Waals surface area contributed by atoms with Crippen molar-refractivity contribution < 1.29 is 9.90 Å². The van der Waals surface area contributed by atoms with E-state index in [0.29, 0.717) is 12.1 Å². The van der Waals surface area contributed by atoms with Gasteiger partial charge in [0.1, 0.15) is 0 Å². The normalized spacial score (nSPS) is 10.3. The van der Waals surface area contributed by atoms with Crippen LogP contribution in [-0.4, -0.2) is 11.0 Å². The van der Waals surface area contributed by atoms with Gasteiger partial charge in [0, 0.05) is 11.0 Å². The van der Waals surface area contributed by atoms with Gasteiger partial charge in [-0.15, -0.1) is 0 Å². The van der Waals surface area contributed by atoms with Crippen LogP contribution >= 0.6 is 15.9 Å². The summed E-state index contributed by atoms with van der Waals surface area (Å²) in [5.74, 6) is -0.131. The summed E-state index contributed by atoms with van der Waals surface area (Å²) >= 11 is 3.38. The molecule has 0 aliphatic heterocycles. The van der Waals surface area contributed by atoms with Crippen molar-refractivity contribution in [2.75, 3.05) is 0 Å². The van der Waals surface area contributed by atoms with Gasteiger partial charge in [0.05, 0.1) is 12.2 Å². The molecule has 0 unspecified atom stereocenters. The minimum atomic E-state index is -0.131. The van der Waals surface area contributed by atoms with Crippen LogP contribution in [0.5, 0.6) is 0 Å². The Morgan fingerprint density at radius 2 is 1.90 bits per heavy atom. The van der Waals surface area contributed by atoms with Crippen molar-refractivity contribution >= 4 is 21.8 Å². The Morgan fingerprint density at radius 1 is 1.20 bits per heavy atom. The van der Waals surface area contributed by atoms with Crippen LogP contribution in [0.2, 0.25) is 0 Å². The molecule has 0 heterocycles. The van der Waals surface area contributed by atoms with Crippen LogP contribution in [0.25, 0.3) is 0 Å². The number of hydrogen-bond acceptors (Lipinski definition) is 2. The topological polar surface area (TPSA) is 49.3 Å². The van der Waals surface area contributed by atoms with Gasteiger partial charge in [-0.25, -0.2) is 0 Å². The summed E-state index contributed by atoms with van der Waals surface area (Å²) in [5, 5.41) is 12.1. The van der Waals surface area contributed by atoms with E-state index in [-0.39, 0.29) is 12.5 Å². The molecule has 0 aliphatic carbocycles. The number of hydrogen-bond donors (Lipinski definition) is 2. The predicted molar refractivity (Wildman–Crippen MR) is 82.4 cm³/mol. The van der Waals surface area contributed by atoms with Gasteiger partial charge in [-0.1, -0.05) is 35.9 Å². The molecule has 20 heavy (non-hydrogen) atoms. The van der Waals surface area contributed by atoms with Gasteiger partial charge in [-0.05, 0) is 46.1 Å². The average molecular weight is 334 g/mol. The minimum absolute atomic E-state index is 0.0276. The first-order chi connectivity index (χ1) is 9.61. The summed E-state index contributed by atoms with van der Waals surface area (Å²) in [6.45, 7) is 2.32. The van der Waals surface area contributed by atoms with Gasteiger partial charge >= 0.3 is 0 Å². The first-order valence-electron chi connectivity index (χ1n) is 6.34. The second-order valence-electron chi connectivity index (χ2n) is 4.59. The van der Waals surface area contributed by atoms with Crippen LogP contribution < -0.4 is 5.32 Å². The zero-order chi connectivity index (χ0) is 14.5. The number of nitrogens with one attached hydrogen (secondary N) is 1. The largest absolute Gasteiger partial charge is 0.392 e. The predicted octanol–water partition coefficient (Wildman–Crippen LogP) is 3.18. The summed E-state index contributed by atoms with van der Waals surface area (Å²) in [6.07, 6.45) is 0. The summed E-state index contributed by atoms with van der Waals surface area (Å²) in [4.78, 5) is 12.2. The maximum absolute atomic E-state index is 12.2. The lowest BCUT2D eigenvalue weighted by Crippen LogP contribution is -2.23. The molecule has 0 saturated carbocycles. The summed E-state index contributed by atoms with van der Waals surface area (Å²) in [6, 6.07) is 13.2. The highest BCUT2D eigenvalue weighted by Crippen LogP contribution is 2.18. The third kappa shape index (κ3) is 3.46. The number of benzene rings is 2. The van der Waals surface area contributed by atoms with E-state index in [0.717, 1.165) is 21.2 Å². The number of aliphatic hydroxyl groups is 1. The molecule has 0 fully saturated rings. The second kappa shape index (κ2) is 6.68. The summed E-state index contributed by atoms with van der Waals surface area (Å²) < 4.78 is 0.774. The quantitative estimate of drug-likeness (QED) is 0.902. The molecule has 0 aromatic heterocycles. The highest BCUT2D eigenvalue weighted by molar-refractivity contribution is 9.10. The number of aliphatic hydroxyl groups excluding tert-OH is 1. The maximum Gasteiger partial charge on any atom is 0.252 e. The van der Waals surface area contributed by atoms with Crippen LogP contribution in [-0.2, 0) is 13.2 Å². The standard InChI is InChI=1S/C16H16BrNO2/c1-11-6-7-15(17)14(8-11)16(20)18-9-12-4-2-3-5-13(12)10-19/h2-8,19H,9-10H2,1H3,(H,18,20). The van der Waals surface area contributed by atoms with Crippen LogP contribution in [0.15, 0.2) is 46.9 Å². The third-order valence-electron chi connectivity index (χ3n) is 3.09. The SMILES string of the molecule is Cc1ccc(Br)c(C(=O)NCc2ccccc2CO)c1. The Kier molecular flexibility index (Phi) is 4.93. The first-order valence-corrected chi connectivity index (χ1v) is 7.13. The Bertz CT molecular complexity index is 626. The molecule has 0 radical (unpaired) electrons. The monoisotopic (exact) mass is 333 g/mol. The zero-order valence-electron chi connectivity index (χ0n) is 11.2. The van der Waals surface area contributed by atoms with Crippen molar-refractivity contribution in [2.24, 2.45) is 0 Å². The zero-order valence-corrected chi connectivity index (χ0v) is 12.8. The molecule has 0 bridgehead atoms. The molecule has 2 N–H and O–H groups in total. The molecule has 0 spiro atoms. The van der Waals surface area contributed by atoms with Crippen LogP contribution in [0.3, 0.4) is 0 Å². The third-order valence-corrected chi connectivity index (χ3v) is 3.79. The number of carbonyl (C=O) groups excluding carboxylic acids is 1. The number of carbonyl (C=O) groups is 1. The van der Waals surface area contributed by atoms with Gasteiger partial charge in [0.25, 0.3) is 5.91 Å². The molecule has 2 aromatic carbocycles. The van der Waals surface area contributed by atoms with Crippen LogP contribution in [0.4, 0.5) is 0 Å². The maximum atomic E-state index is 12.2. The fourth-order valence-electron chi connectivity index (χ4n) is 1.97. The van der Waals surface area contributed by atoms with Gasteiger partial charge in [-0.3, -0.25) is 4.79 Å². The molecule has 0 aliphatic rings. The van der Waals surface area contributed by atoms with Crippen LogP contribution in [0, 0.1) is 6.92 Å². The second-order valence-corrected chi connectivity index (χ2v) is 5.45. The van der Waals surface area contributed by atoms with Crippen molar-refractivity contribution in [2.45, 2.75) is 20.1 Å². The summed E-state index contributed by atoms with van der Waals surface area (Å²) in [7, 11) is 0. The molecule has 4 heteroatoms. The van der Waals surface area contributed by atoms with E-state index in [1.54, 1.807) is 0 Å². The number of amides is 1. The molecule has 1 amide bonds. The van der Waals surface area contributed by atoms with Crippen molar-refractivity contribution in [1.29, 1.82) is 0 Å². The lowest BCUT2D eigenvalue weighted by Gasteiger charge is -2.10. The molecule has 104 valence electrons. The highest BCUT2D eigenvalue weighted by Gasteiger charge is 2.10. The lowest BCUT2D eigenvalue weighted by molar-refractivity contribution is 0.0949. The van der Waals surface area contributed by atoms with E-state index >= 15 is 0 Å².